The van der Waals surface area contributed by atoms with Crippen molar-refractivity contribution in [2.24, 2.45) is 0 Å². The van der Waals surface area contributed by atoms with E-state index in [1.807, 2.05) is 18.2 Å². The van der Waals surface area contributed by atoms with E-state index in [2.05, 4.69) is 20.5 Å². The average molecular weight is 242 g/mol. The van der Waals surface area contributed by atoms with E-state index in [9.17, 15) is 0 Å². The second kappa shape index (κ2) is 4.47. The van der Waals surface area contributed by atoms with Gasteiger partial charge in [-0.1, -0.05) is 6.07 Å². The van der Waals surface area contributed by atoms with E-state index in [-0.39, 0.29) is 0 Å². The Kier molecular flexibility index (Phi) is 2.67. The van der Waals surface area contributed by atoms with Crippen molar-refractivity contribution in [3.8, 4) is 5.75 Å². The molecule has 0 bridgehead atoms. The Hall–Kier alpha value is -2.01. The van der Waals surface area contributed by atoms with Crippen LogP contribution in [0, 0.1) is 5.51 Å². The first kappa shape index (κ1) is 10.2. The number of thiazole rings is 1. The second-order valence-corrected chi connectivity index (χ2v) is 4.19. The van der Waals surface area contributed by atoms with Gasteiger partial charge in [-0.3, -0.25) is 0 Å². The first-order valence-electron chi connectivity index (χ1n) is 5.08. The van der Waals surface area contributed by atoms with Crippen LogP contribution < -0.4 is 4.74 Å². The van der Waals surface area contributed by atoms with Crippen LogP contribution in [0.15, 0.2) is 36.7 Å². The lowest BCUT2D eigenvalue weighted by Gasteiger charge is -2.05. The smallest absolute Gasteiger partial charge is 0.166 e. The second-order valence-electron chi connectivity index (χ2n) is 3.36. The third-order valence-corrected chi connectivity index (χ3v) is 2.98. The van der Waals surface area contributed by atoms with Gasteiger partial charge < -0.3 is 4.74 Å². The molecule has 0 spiro atoms. The largest absolute Gasteiger partial charge is 0.483 e. The van der Waals surface area contributed by atoms with Crippen molar-refractivity contribution in [3.63, 3.8) is 0 Å². The first-order valence-corrected chi connectivity index (χ1v) is 5.89. The summed E-state index contributed by atoms with van der Waals surface area (Å²) in [6.45, 7) is 0.345. The standard InChI is InChI=1S/C12H8N3OS/c1-3-9(12-10(4-1)17-8-15-12)16-7-11-13-5-2-6-14-11/h1-6H,7H2. The molecule has 1 radical (unpaired) electrons. The molecule has 3 rings (SSSR count). The van der Waals surface area contributed by atoms with Crippen molar-refractivity contribution in [3.05, 3.63) is 48.0 Å². The van der Waals surface area contributed by atoms with Crippen molar-refractivity contribution in [1.29, 1.82) is 0 Å². The van der Waals surface area contributed by atoms with Gasteiger partial charge in [0, 0.05) is 12.4 Å². The first-order chi connectivity index (χ1) is 8.43. The maximum atomic E-state index is 5.66. The zero-order chi connectivity index (χ0) is 11.5. The Morgan fingerprint density at radius 3 is 2.94 bits per heavy atom. The number of nitrogens with zero attached hydrogens (tertiary/aromatic N) is 3. The molecule has 83 valence electrons. The van der Waals surface area contributed by atoms with Gasteiger partial charge in [-0.25, -0.2) is 15.0 Å². The Bertz CT molecular complexity index is 624. The van der Waals surface area contributed by atoms with E-state index in [1.165, 1.54) is 11.3 Å². The van der Waals surface area contributed by atoms with Gasteiger partial charge in [0.1, 0.15) is 17.9 Å². The molecule has 0 atom stereocenters. The number of rotatable bonds is 3. The lowest BCUT2D eigenvalue weighted by Crippen LogP contribution is -2.00. The summed E-state index contributed by atoms with van der Waals surface area (Å²) in [6, 6.07) is 7.60. The van der Waals surface area contributed by atoms with Crippen molar-refractivity contribution >= 4 is 21.6 Å². The molecule has 0 saturated carbocycles. The van der Waals surface area contributed by atoms with Gasteiger partial charge in [-0.2, -0.15) is 0 Å². The lowest BCUT2D eigenvalue weighted by molar-refractivity contribution is 0.299. The van der Waals surface area contributed by atoms with Gasteiger partial charge in [0.25, 0.3) is 0 Å². The lowest BCUT2D eigenvalue weighted by atomic mass is 10.3. The number of hydrogen-bond acceptors (Lipinski definition) is 5. The highest BCUT2D eigenvalue weighted by Gasteiger charge is 2.05. The summed E-state index contributed by atoms with van der Waals surface area (Å²) in [4.78, 5) is 12.4. The van der Waals surface area contributed by atoms with Crippen molar-refractivity contribution in [2.45, 2.75) is 6.61 Å². The van der Waals surface area contributed by atoms with Gasteiger partial charge in [0.05, 0.1) is 4.70 Å². The number of hydrogen-bond donors (Lipinski definition) is 0. The summed E-state index contributed by atoms with van der Waals surface area (Å²) in [5, 5.41) is 0. The third-order valence-electron chi connectivity index (χ3n) is 2.25. The van der Waals surface area contributed by atoms with Crippen LogP contribution in [-0.4, -0.2) is 15.0 Å². The topological polar surface area (TPSA) is 47.9 Å². The molecule has 0 saturated heterocycles. The summed E-state index contributed by atoms with van der Waals surface area (Å²) in [5.74, 6) is 1.40. The predicted molar refractivity (Wildman–Crippen MR) is 64.8 cm³/mol. The molecule has 0 fully saturated rings. The molecule has 5 heteroatoms. The zero-order valence-electron chi connectivity index (χ0n) is 8.83. The van der Waals surface area contributed by atoms with Gasteiger partial charge in [-0.05, 0) is 18.2 Å². The molecule has 0 aliphatic heterocycles. The Morgan fingerprint density at radius 2 is 2.06 bits per heavy atom. The highest BCUT2D eigenvalue weighted by Crippen LogP contribution is 2.26. The minimum atomic E-state index is 0.345. The molecule has 4 nitrogen and oxygen atoms in total. The molecule has 0 aliphatic carbocycles. The van der Waals surface area contributed by atoms with Crippen LogP contribution in [0.5, 0.6) is 5.75 Å². The van der Waals surface area contributed by atoms with Crippen LogP contribution in [0.4, 0.5) is 0 Å². The van der Waals surface area contributed by atoms with Gasteiger partial charge in [0.2, 0.25) is 0 Å². The van der Waals surface area contributed by atoms with E-state index >= 15 is 0 Å². The molecule has 3 aromatic rings. The van der Waals surface area contributed by atoms with Gasteiger partial charge >= 0.3 is 0 Å². The van der Waals surface area contributed by atoms with Crippen LogP contribution in [0.25, 0.3) is 10.2 Å². The van der Waals surface area contributed by atoms with Crippen LogP contribution in [-0.2, 0) is 6.61 Å². The summed E-state index contributed by atoms with van der Waals surface area (Å²) in [5.41, 5.74) is 3.70. The molecule has 0 unspecified atom stereocenters. The number of aromatic nitrogens is 3. The quantitative estimate of drug-likeness (QED) is 0.708. The minimum Gasteiger partial charge on any atom is -0.483 e. The highest BCUT2D eigenvalue weighted by atomic mass is 32.1. The van der Waals surface area contributed by atoms with E-state index in [0.717, 1.165) is 16.0 Å². The normalized spacial score (nSPS) is 10.6. The maximum absolute atomic E-state index is 5.66. The van der Waals surface area contributed by atoms with Crippen LogP contribution >= 0.6 is 11.3 Å². The maximum Gasteiger partial charge on any atom is 0.166 e. The molecular weight excluding hydrogens is 234 g/mol. The number of ether oxygens (including phenoxy) is 1. The van der Waals surface area contributed by atoms with Crippen molar-refractivity contribution < 1.29 is 4.74 Å². The average Bonchev–Trinajstić information content (AvgIpc) is 2.86. The molecule has 1 aromatic carbocycles. The monoisotopic (exact) mass is 242 g/mol. The molecule has 0 N–H and O–H groups in total. The molecule has 2 aromatic heterocycles. The molecular formula is C12H8N3OS. The molecule has 17 heavy (non-hydrogen) atoms. The fraction of sp³-hybridized carbons (Fsp3) is 0.0833. The summed E-state index contributed by atoms with van der Waals surface area (Å²) in [6.07, 6.45) is 3.39. The number of fused-ring (bicyclic) bond motifs is 1. The predicted octanol–water partition coefficient (Wildman–Crippen LogP) is 2.47. The van der Waals surface area contributed by atoms with Crippen molar-refractivity contribution in [1.82, 2.24) is 15.0 Å². The summed E-state index contributed by atoms with van der Waals surface area (Å²) < 4.78 is 6.73. The Morgan fingerprint density at radius 1 is 1.18 bits per heavy atom. The fourth-order valence-corrected chi connectivity index (χ4v) is 2.10. The van der Waals surface area contributed by atoms with E-state index in [4.69, 9.17) is 4.74 Å². The van der Waals surface area contributed by atoms with E-state index in [0.29, 0.717) is 12.4 Å². The van der Waals surface area contributed by atoms with Crippen LogP contribution in [0.1, 0.15) is 5.82 Å². The third kappa shape index (κ3) is 2.09. The Balaban J connectivity index is 1.84. The molecule has 0 aliphatic rings. The van der Waals surface area contributed by atoms with Crippen LogP contribution in [0.2, 0.25) is 0 Å². The summed E-state index contributed by atoms with van der Waals surface area (Å²) in [7, 11) is 0. The fourth-order valence-electron chi connectivity index (χ4n) is 1.48. The Labute approximate surface area is 102 Å². The SMILES string of the molecule is [c]1nc2c(OCc3ncccn3)cccc2s1. The number of benzene rings is 1. The van der Waals surface area contributed by atoms with Crippen LogP contribution in [0.3, 0.4) is 0 Å². The van der Waals surface area contributed by atoms with Gasteiger partial charge in [0.15, 0.2) is 11.3 Å². The summed E-state index contributed by atoms with van der Waals surface area (Å²) >= 11 is 1.48. The minimum absolute atomic E-state index is 0.345. The van der Waals surface area contributed by atoms with Crippen molar-refractivity contribution in [2.75, 3.05) is 0 Å². The molecule has 0 amide bonds. The van der Waals surface area contributed by atoms with E-state index in [1.54, 1.807) is 18.5 Å². The zero-order valence-corrected chi connectivity index (χ0v) is 9.65. The molecule has 2 heterocycles. The number of para-hydroxylation sites is 1. The van der Waals surface area contributed by atoms with Gasteiger partial charge in [-0.15, -0.1) is 11.3 Å². The van der Waals surface area contributed by atoms with E-state index < -0.39 is 0 Å². The highest BCUT2D eigenvalue weighted by molar-refractivity contribution is 7.16.